The number of likely N-dealkylation sites (tertiary alicyclic amines) is 1. The molecule has 1 fully saturated rings. The molecule has 0 spiro atoms. The third-order valence-electron chi connectivity index (χ3n) is 3.69. The van der Waals surface area contributed by atoms with Crippen molar-refractivity contribution in [3.63, 3.8) is 0 Å². The number of hydrogen-bond acceptors (Lipinski definition) is 3. The van der Waals surface area contributed by atoms with Gasteiger partial charge in [-0.2, -0.15) is 0 Å². The summed E-state index contributed by atoms with van der Waals surface area (Å²) in [6, 6.07) is 11.7. The molecule has 0 saturated carbocycles. The summed E-state index contributed by atoms with van der Waals surface area (Å²) in [7, 11) is 0. The molecule has 0 bridgehead atoms. The highest BCUT2D eigenvalue weighted by molar-refractivity contribution is 5.78. The van der Waals surface area contributed by atoms with Crippen LogP contribution in [0.25, 0.3) is 10.9 Å². The predicted molar refractivity (Wildman–Crippen MR) is 85.9 cm³/mol. The molecule has 1 aromatic carbocycles. The summed E-state index contributed by atoms with van der Waals surface area (Å²) in [5.41, 5.74) is 0.915. The number of hydrogen-bond donors (Lipinski definition) is 1. The number of pyridine rings is 1. The maximum atomic E-state index is 11.9. The molecule has 114 valence electrons. The lowest BCUT2D eigenvalue weighted by molar-refractivity contribution is 0.184. The van der Waals surface area contributed by atoms with Crippen molar-refractivity contribution in [1.29, 1.82) is 0 Å². The van der Waals surface area contributed by atoms with Crippen LogP contribution in [0.4, 0.5) is 4.79 Å². The fraction of sp³-hybridized carbons (Fsp3) is 0.294. The lowest BCUT2D eigenvalue weighted by atomic mass is 10.2. The number of amides is 2. The van der Waals surface area contributed by atoms with Crippen LogP contribution < -0.4 is 10.1 Å². The van der Waals surface area contributed by atoms with Crippen molar-refractivity contribution in [3.05, 3.63) is 49.1 Å². The fourth-order valence-electron chi connectivity index (χ4n) is 2.56. The standard InChI is InChI=1S/C17H19N3O2/c1-2-10-18-17(21)20-11-9-14(12-20)22-16-8-7-13-5-3-4-6-15(13)19-16/h2-8,14H,1,9-12H2,(H,18,21). The number of rotatable bonds is 4. The molecule has 2 heterocycles. The molecule has 1 saturated heterocycles. The van der Waals surface area contributed by atoms with Gasteiger partial charge in [0.1, 0.15) is 6.10 Å². The molecule has 3 rings (SSSR count). The normalized spacial score (nSPS) is 17.5. The van der Waals surface area contributed by atoms with Crippen molar-refractivity contribution >= 4 is 16.9 Å². The first-order valence-electron chi connectivity index (χ1n) is 7.42. The fourth-order valence-corrected chi connectivity index (χ4v) is 2.56. The maximum absolute atomic E-state index is 11.9. The molecule has 0 aliphatic carbocycles. The molecular weight excluding hydrogens is 278 g/mol. The Morgan fingerprint density at radius 1 is 1.41 bits per heavy atom. The second kappa shape index (κ2) is 6.47. The SMILES string of the molecule is C=CCNC(=O)N1CCC(Oc2ccc3ccccc3n2)C1. The number of para-hydroxylation sites is 1. The Hall–Kier alpha value is -2.56. The van der Waals surface area contributed by atoms with Gasteiger partial charge in [-0.1, -0.05) is 24.3 Å². The minimum Gasteiger partial charge on any atom is -0.472 e. The third kappa shape index (κ3) is 3.19. The average Bonchev–Trinajstić information content (AvgIpc) is 3.01. The van der Waals surface area contributed by atoms with Crippen molar-refractivity contribution in [2.24, 2.45) is 0 Å². The molecule has 2 amide bonds. The van der Waals surface area contributed by atoms with E-state index in [9.17, 15) is 4.79 Å². The van der Waals surface area contributed by atoms with E-state index in [4.69, 9.17) is 4.74 Å². The zero-order chi connectivity index (χ0) is 15.4. The van der Waals surface area contributed by atoms with E-state index in [0.29, 0.717) is 25.5 Å². The lowest BCUT2D eigenvalue weighted by Gasteiger charge is -2.17. The monoisotopic (exact) mass is 297 g/mol. The van der Waals surface area contributed by atoms with Crippen molar-refractivity contribution in [2.75, 3.05) is 19.6 Å². The number of carbonyl (C=O) groups excluding carboxylic acids is 1. The van der Waals surface area contributed by atoms with Crippen LogP contribution >= 0.6 is 0 Å². The molecule has 1 aliphatic heterocycles. The van der Waals surface area contributed by atoms with Crippen LogP contribution in [0.15, 0.2) is 49.1 Å². The number of benzene rings is 1. The topological polar surface area (TPSA) is 54.5 Å². The average molecular weight is 297 g/mol. The highest BCUT2D eigenvalue weighted by Gasteiger charge is 2.27. The van der Waals surface area contributed by atoms with Gasteiger partial charge in [0.2, 0.25) is 5.88 Å². The number of carbonyl (C=O) groups is 1. The van der Waals surface area contributed by atoms with Crippen LogP contribution in [0.3, 0.4) is 0 Å². The van der Waals surface area contributed by atoms with Crippen LogP contribution in [0, 0.1) is 0 Å². The van der Waals surface area contributed by atoms with Crippen molar-refractivity contribution in [1.82, 2.24) is 15.2 Å². The Kier molecular flexibility index (Phi) is 4.23. The highest BCUT2D eigenvalue weighted by atomic mass is 16.5. The van der Waals surface area contributed by atoms with Gasteiger partial charge in [0.15, 0.2) is 0 Å². The number of ether oxygens (including phenoxy) is 1. The summed E-state index contributed by atoms with van der Waals surface area (Å²) in [6.07, 6.45) is 2.47. The van der Waals surface area contributed by atoms with Gasteiger partial charge >= 0.3 is 6.03 Å². The molecule has 1 N–H and O–H groups in total. The molecule has 22 heavy (non-hydrogen) atoms. The Bertz CT molecular complexity index is 686. The number of urea groups is 1. The van der Waals surface area contributed by atoms with Crippen LogP contribution in [0.2, 0.25) is 0 Å². The Balaban J connectivity index is 1.61. The summed E-state index contributed by atoms with van der Waals surface area (Å²) in [4.78, 5) is 18.1. The summed E-state index contributed by atoms with van der Waals surface area (Å²) >= 11 is 0. The molecule has 5 nitrogen and oxygen atoms in total. The summed E-state index contributed by atoms with van der Waals surface area (Å²) in [5.74, 6) is 0.608. The van der Waals surface area contributed by atoms with Crippen molar-refractivity contribution < 1.29 is 9.53 Å². The first-order valence-corrected chi connectivity index (χ1v) is 7.42. The number of nitrogens with zero attached hydrogens (tertiary/aromatic N) is 2. The first kappa shape index (κ1) is 14.4. The van der Waals surface area contributed by atoms with Crippen LogP contribution in [0.1, 0.15) is 6.42 Å². The highest BCUT2D eigenvalue weighted by Crippen LogP contribution is 2.20. The Labute approximate surface area is 129 Å². The summed E-state index contributed by atoms with van der Waals surface area (Å²) in [5, 5.41) is 3.87. The third-order valence-corrected chi connectivity index (χ3v) is 3.69. The zero-order valence-electron chi connectivity index (χ0n) is 12.4. The van der Waals surface area contributed by atoms with Crippen molar-refractivity contribution in [2.45, 2.75) is 12.5 Å². The molecule has 5 heteroatoms. The largest absolute Gasteiger partial charge is 0.472 e. The van der Waals surface area contributed by atoms with E-state index in [1.165, 1.54) is 0 Å². The van der Waals surface area contributed by atoms with E-state index in [1.807, 2.05) is 36.4 Å². The maximum Gasteiger partial charge on any atom is 0.317 e. The first-order chi connectivity index (χ1) is 10.8. The molecule has 1 atom stereocenters. The van der Waals surface area contributed by atoms with Gasteiger partial charge in [-0.05, 0) is 12.1 Å². The zero-order valence-corrected chi connectivity index (χ0v) is 12.4. The van der Waals surface area contributed by atoms with E-state index in [0.717, 1.165) is 17.3 Å². The van der Waals surface area contributed by atoms with Gasteiger partial charge in [0.05, 0.1) is 12.1 Å². The summed E-state index contributed by atoms with van der Waals surface area (Å²) in [6.45, 7) is 5.34. The van der Waals surface area contributed by atoms with Crippen molar-refractivity contribution in [3.8, 4) is 5.88 Å². The lowest BCUT2D eigenvalue weighted by Crippen LogP contribution is -2.39. The van der Waals surface area contributed by atoms with Gasteiger partial charge in [-0.3, -0.25) is 0 Å². The molecule has 2 aromatic rings. The number of fused-ring (bicyclic) bond motifs is 1. The minimum atomic E-state index is -0.0718. The van der Waals surface area contributed by atoms with E-state index in [1.54, 1.807) is 11.0 Å². The van der Waals surface area contributed by atoms with Gasteiger partial charge in [-0.25, -0.2) is 9.78 Å². The molecule has 1 aliphatic rings. The summed E-state index contributed by atoms with van der Waals surface area (Å²) < 4.78 is 5.92. The number of nitrogens with one attached hydrogen (secondary N) is 1. The Morgan fingerprint density at radius 2 is 2.27 bits per heavy atom. The smallest absolute Gasteiger partial charge is 0.317 e. The van der Waals surface area contributed by atoms with Crippen LogP contribution in [-0.2, 0) is 0 Å². The van der Waals surface area contributed by atoms with Gasteiger partial charge in [0.25, 0.3) is 0 Å². The van der Waals surface area contributed by atoms with E-state index < -0.39 is 0 Å². The molecule has 0 radical (unpaired) electrons. The molecular formula is C17H19N3O2. The second-order valence-corrected chi connectivity index (χ2v) is 5.29. The van der Waals surface area contributed by atoms with E-state index in [2.05, 4.69) is 16.9 Å². The minimum absolute atomic E-state index is 0.0110. The quantitative estimate of drug-likeness (QED) is 0.883. The van der Waals surface area contributed by atoms with Crippen LogP contribution in [0.5, 0.6) is 5.88 Å². The molecule has 1 unspecified atom stereocenters. The van der Waals surface area contributed by atoms with E-state index in [-0.39, 0.29) is 12.1 Å². The Morgan fingerprint density at radius 3 is 3.14 bits per heavy atom. The predicted octanol–water partition coefficient (Wildman–Crippen LogP) is 2.58. The second-order valence-electron chi connectivity index (χ2n) is 5.29. The van der Waals surface area contributed by atoms with Crippen LogP contribution in [-0.4, -0.2) is 41.7 Å². The van der Waals surface area contributed by atoms with E-state index >= 15 is 0 Å². The van der Waals surface area contributed by atoms with Gasteiger partial charge < -0.3 is 15.0 Å². The van der Waals surface area contributed by atoms with Gasteiger partial charge in [-0.15, -0.1) is 6.58 Å². The number of aromatic nitrogens is 1. The molecule has 1 aromatic heterocycles. The van der Waals surface area contributed by atoms with Gasteiger partial charge in [0, 0.05) is 31.0 Å².